The average molecular weight is 375 g/mol. The van der Waals surface area contributed by atoms with Crippen LogP contribution in [0.1, 0.15) is 17.4 Å². The maximum Gasteiger partial charge on any atom is 0.251 e. The summed E-state index contributed by atoms with van der Waals surface area (Å²) in [6.07, 6.45) is 0. The van der Waals surface area contributed by atoms with Gasteiger partial charge in [-0.25, -0.2) is 0 Å². The number of benzene rings is 1. The Morgan fingerprint density at radius 2 is 2.00 bits per heavy atom. The Morgan fingerprint density at radius 1 is 1.23 bits per heavy atom. The molecule has 3 aromatic rings. The number of carbonyl (C=O) groups excluding carboxylic acids is 1. The van der Waals surface area contributed by atoms with Crippen LogP contribution in [0.4, 0.5) is 5.69 Å². The number of anilines is 1. The second-order valence-corrected chi connectivity index (χ2v) is 6.44. The molecule has 26 heavy (non-hydrogen) atoms. The highest BCUT2D eigenvalue weighted by atomic mass is 35.5. The Hall–Kier alpha value is -2.64. The lowest BCUT2D eigenvalue weighted by atomic mass is 10.2. The smallest absolute Gasteiger partial charge is 0.251 e. The average Bonchev–Trinajstić information content (AvgIpc) is 3.15. The third kappa shape index (κ3) is 4.30. The third-order valence-electron chi connectivity index (χ3n) is 3.70. The molecule has 0 saturated heterocycles. The molecule has 2 heterocycles. The van der Waals surface area contributed by atoms with Gasteiger partial charge in [0.05, 0.1) is 29.4 Å². The van der Waals surface area contributed by atoms with E-state index in [0.717, 1.165) is 17.1 Å². The van der Waals surface area contributed by atoms with E-state index < -0.39 is 0 Å². The molecule has 0 bridgehead atoms. The summed E-state index contributed by atoms with van der Waals surface area (Å²) in [6.45, 7) is 4.21. The van der Waals surface area contributed by atoms with Gasteiger partial charge >= 0.3 is 0 Å². The zero-order valence-electron chi connectivity index (χ0n) is 14.7. The fourth-order valence-electron chi connectivity index (χ4n) is 2.55. The van der Waals surface area contributed by atoms with E-state index in [9.17, 15) is 4.79 Å². The molecule has 136 valence electrons. The van der Waals surface area contributed by atoms with Gasteiger partial charge in [0, 0.05) is 0 Å². The van der Waals surface area contributed by atoms with Crippen LogP contribution in [-0.4, -0.2) is 34.6 Å². The molecule has 1 amide bonds. The zero-order valence-corrected chi connectivity index (χ0v) is 15.5. The summed E-state index contributed by atoms with van der Waals surface area (Å²) in [4.78, 5) is 13.9. The molecule has 0 aliphatic heterocycles. The molecule has 0 aliphatic rings. The first-order valence-corrected chi connectivity index (χ1v) is 8.43. The normalized spacial score (nSPS) is 11.1. The number of hydrogen-bond donors (Lipinski definition) is 1. The first kappa shape index (κ1) is 18.2. The second kappa shape index (κ2) is 7.72. The van der Waals surface area contributed by atoms with Crippen LogP contribution in [0, 0.1) is 13.8 Å². The van der Waals surface area contributed by atoms with Crippen molar-refractivity contribution < 1.29 is 13.6 Å². The highest BCUT2D eigenvalue weighted by Gasteiger charge is 2.16. The number of amides is 1. The predicted molar refractivity (Wildman–Crippen MR) is 97.9 cm³/mol. The fraction of sp³-hybridized carbons (Fsp3) is 0.278. The van der Waals surface area contributed by atoms with Gasteiger partial charge in [-0.3, -0.25) is 9.69 Å². The quantitative estimate of drug-likeness (QED) is 0.708. The maximum atomic E-state index is 12.1. The van der Waals surface area contributed by atoms with E-state index in [4.69, 9.17) is 20.4 Å². The molecule has 7 nitrogen and oxygen atoms in total. The standard InChI is InChI=1S/C18H19ClN4O3/c1-11-8-13(12(2)25-11)18-22-21-17(26-18)10-23(3)9-16(24)20-15-7-5-4-6-14(15)19/h4-8H,9-10H2,1-3H3,(H,20,24). The molecule has 1 N–H and O–H groups in total. The molecule has 3 rings (SSSR count). The van der Waals surface area contributed by atoms with E-state index in [1.165, 1.54) is 0 Å². The largest absolute Gasteiger partial charge is 0.466 e. The van der Waals surface area contributed by atoms with Crippen molar-refractivity contribution in [3.63, 3.8) is 0 Å². The molecule has 0 aliphatic carbocycles. The number of carbonyl (C=O) groups is 1. The van der Waals surface area contributed by atoms with Crippen molar-refractivity contribution in [2.75, 3.05) is 18.9 Å². The van der Waals surface area contributed by atoms with E-state index >= 15 is 0 Å². The van der Waals surface area contributed by atoms with Crippen molar-refractivity contribution in [3.05, 3.63) is 52.8 Å². The Bertz CT molecular complexity index is 919. The topological polar surface area (TPSA) is 84.4 Å². The number of likely N-dealkylation sites (N-methyl/N-ethyl adjacent to an activating group) is 1. The maximum absolute atomic E-state index is 12.1. The Morgan fingerprint density at radius 3 is 2.69 bits per heavy atom. The summed E-state index contributed by atoms with van der Waals surface area (Å²) in [7, 11) is 1.79. The molecule has 0 radical (unpaired) electrons. The third-order valence-corrected chi connectivity index (χ3v) is 4.03. The fourth-order valence-corrected chi connectivity index (χ4v) is 2.74. The van der Waals surface area contributed by atoms with Crippen molar-refractivity contribution >= 4 is 23.2 Å². The summed E-state index contributed by atoms with van der Waals surface area (Å²) in [5.41, 5.74) is 1.36. The summed E-state index contributed by atoms with van der Waals surface area (Å²) in [6, 6.07) is 8.94. The Labute approximate surface area is 156 Å². The first-order chi connectivity index (χ1) is 12.4. The van der Waals surface area contributed by atoms with E-state index in [2.05, 4.69) is 15.5 Å². The van der Waals surface area contributed by atoms with Crippen molar-refractivity contribution in [2.24, 2.45) is 0 Å². The van der Waals surface area contributed by atoms with Crippen LogP contribution in [0.5, 0.6) is 0 Å². The number of aromatic nitrogens is 2. The number of halogens is 1. The summed E-state index contributed by atoms with van der Waals surface area (Å²) in [5, 5.41) is 11.4. The molecule has 1 aromatic carbocycles. The SMILES string of the molecule is Cc1cc(-c2nnc(CN(C)CC(=O)Nc3ccccc3Cl)o2)c(C)o1. The highest BCUT2D eigenvalue weighted by molar-refractivity contribution is 6.33. The van der Waals surface area contributed by atoms with Crippen LogP contribution in [0.2, 0.25) is 5.02 Å². The molecule has 0 unspecified atom stereocenters. The van der Waals surface area contributed by atoms with Gasteiger partial charge in [-0.2, -0.15) is 0 Å². The molecular weight excluding hydrogens is 356 g/mol. The van der Waals surface area contributed by atoms with Crippen molar-refractivity contribution in [1.29, 1.82) is 0 Å². The minimum absolute atomic E-state index is 0.160. The van der Waals surface area contributed by atoms with Crippen molar-refractivity contribution in [2.45, 2.75) is 20.4 Å². The number of hydrogen-bond acceptors (Lipinski definition) is 6. The van der Waals surface area contributed by atoms with Crippen LogP contribution < -0.4 is 5.32 Å². The number of aryl methyl sites for hydroxylation is 2. The van der Waals surface area contributed by atoms with Crippen LogP contribution in [-0.2, 0) is 11.3 Å². The minimum atomic E-state index is -0.179. The van der Waals surface area contributed by atoms with Crippen molar-refractivity contribution in [1.82, 2.24) is 15.1 Å². The van der Waals surface area contributed by atoms with Gasteiger partial charge in [0.25, 0.3) is 5.89 Å². The summed E-state index contributed by atoms with van der Waals surface area (Å²) >= 11 is 6.04. The van der Waals surface area contributed by atoms with Gasteiger partial charge in [0.15, 0.2) is 0 Å². The van der Waals surface area contributed by atoms with Crippen molar-refractivity contribution in [3.8, 4) is 11.5 Å². The van der Waals surface area contributed by atoms with Gasteiger partial charge in [-0.05, 0) is 39.1 Å². The van der Waals surface area contributed by atoms with E-state index in [1.807, 2.05) is 26.0 Å². The lowest BCUT2D eigenvalue weighted by Crippen LogP contribution is -2.30. The van der Waals surface area contributed by atoms with Gasteiger partial charge in [0.2, 0.25) is 11.8 Å². The molecule has 0 fully saturated rings. The number of para-hydroxylation sites is 1. The van der Waals surface area contributed by atoms with Crippen LogP contribution >= 0.6 is 11.6 Å². The number of nitrogens with one attached hydrogen (secondary N) is 1. The van der Waals surface area contributed by atoms with Gasteiger partial charge in [-0.1, -0.05) is 23.7 Å². The molecule has 8 heteroatoms. The monoisotopic (exact) mass is 374 g/mol. The molecule has 2 aromatic heterocycles. The zero-order chi connectivity index (χ0) is 18.7. The van der Waals surface area contributed by atoms with E-state index in [-0.39, 0.29) is 12.5 Å². The first-order valence-electron chi connectivity index (χ1n) is 8.05. The summed E-state index contributed by atoms with van der Waals surface area (Å²) in [5.74, 6) is 2.16. The molecule has 0 spiro atoms. The lowest BCUT2D eigenvalue weighted by molar-refractivity contribution is -0.117. The predicted octanol–water partition coefficient (Wildman–Crippen LogP) is 3.67. The van der Waals surface area contributed by atoms with Crippen LogP contribution in [0.3, 0.4) is 0 Å². The number of nitrogens with zero attached hydrogens (tertiary/aromatic N) is 3. The van der Waals surface area contributed by atoms with Crippen LogP contribution in [0.25, 0.3) is 11.5 Å². The summed E-state index contributed by atoms with van der Waals surface area (Å²) < 4.78 is 11.2. The number of furan rings is 1. The van der Waals surface area contributed by atoms with Gasteiger partial charge in [-0.15, -0.1) is 10.2 Å². The van der Waals surface area contributed by atoms with E-state index in [1.54, 1.807) is 30.1 Å². The second-order valence-electron chi connectivity index (χ2n) is 6.03. The van der Waals surface area contributed by atoms with Gasteiger partial charge < -0.3 is 14.2 Å². The number of rotatable bonds is 6. The molecule has 0 saturated carbocycles. The van der Waals surface area contributed by atoms with E-state index in [0.29, 0.717) is 29.0 Å². The Balaban J connectivity index is 1.58. The Kier molecular flexibility index (Phi) is 5.39. The van der Waals surface area contributed by atoms with Gasteiger partial charge in [0.1, 0.15) is 11.5 Å². The highest BCUT2D eigenvalue weighted by Crippen LogP contribution is 2.25. The molecule has 0 atom stereocenters. The molecular formula is C18H19ClN4O3. The minimum Gasteiger partial charge on any atom is -0.466 e. The lowest BCUT2D eigenvalue weighted by Gasteiger charge is -2.14. The van der Waals surface area contributed by atoms with Crippen LogP contribution in [0.15, 0.2) is 39.2 Å².